The fourth-order valence-corrected chi connectivity index (χ4v) is 3.80. The Hall–Kier alpha value is -3.09. The lowest BCUT2D eigenvalue weighted by atomic mass is 9.89. The topological polar surface area (TPSA) is 111 Å². The maximum Gasteiger partial charge on any atom is 0.337 e. The zero-order chi connectivity index (χ0) is 19.7. The number of hydrogen-bond acceptors (Lipinski definition) is 3. The van der Waals surface area contributed by atoms with Crippen LogP contribution in [0, 0.1) is 13.8 Å². The van der Waals surface area contributed by atoms with Gasteiger partial charge in [0.25, 0.3) is 5.91 Å². The summed E-state index contributed by atoms with van der Waals surface area (Å²) in [5.41, 5.74) is 2.49. The summed E-state index contributed by atoms with van der Waals surface area (Å²) in [6.07, 6.45) is 1.67. The molecular formula is C20H22N2O5. The van der Waals surface area contributed by atoms with Crippen LogP contribution in [0.4, 0.5) is 0 Å². The number of rotatable bonds is 4. The van der Waals surface area contributed by atoms with Crippen molar-refractivity contribution in [2.45, 2.75) is 32.6 Å². The molecule has 2 aromatic rings. The van der Waals surface area contributed by atoms with Gasteiger partial charge in [-0.2, -0.15) is 0 Å². The number of carbonyl (C=O) groups is 3. The van der Waals surface area contributed by atoms with Crippen LogP contribution in [0.5, 0.6) is 0 Å². The van der Waals surface area contributed by atoms with Crippen LogP contribution in [0.2, 0.25) is 0 Å². The fraction of sp³-hybridized carbons (Fsp3) is 0.350. The molecule has 1 aromatic carbocycles. The van der Waals surface area contributed by atoms with Crippen LogP contribution in [0.1, 0.15) is 66.8 Å². The van der Waals surface area contributed by atoms with Crippen LogP contribution < -0.4 is 0 Å². The number of carboxylic acid groups (broad SMARTS) is 2. The number of amides is 1. The van der Waals surface area contributed by atoms with Crippen molar-refractivity contribution in [1.82, 2.24) is 9.88 Å². The van der Waals surface area contributed by atoms with E-state index in [9.17, 15) is 24.6 Å². The maximum absolute atomic E-state index is 13.0. The van der Waals surface area contributed by atoms with Crippen molar-refractivity contribution < 1.29 is 24.6 Å². The van der Waals surface area contributed by atoms with E-state index in [0.717, 1.165) is 18.4 Å². The van der Waals surface area contributed by atoms with Gasteiger partial charge in [0.15, 0.2) is 0 Å². The highest BCUT2D eigenvalue weighted by Crippen LogP contribution is 2.29. The van der Waals surface area contributed by atoms with Gasteiger partial charge in [-0.15, -0.1) is 0 Å². The van der Waals surface area contributed by atoms with Crippen LogP contribution in [0.3, 0.4) is 0 Å². The van der Waals surface area contributed by atoms with Crippen LogP contribution in [-0.2, 0) is 0 Å². The number of likely N-dealkylation sites (tertiary alicyclic amines) is 1. The molecule has 3 rings (SSSR count). The largest absolute Gasteiger partial charge is 0.478 e. The summed E-state index contributed by atoms with van der Waals surface area (Å²) in [6, 6.07) is 6.82. The maximum atomic E-state index is 13.0. The normalized spacial score (nSPS) is 17.0. The number of aryl methyl sites for hydroxylation is 1. The van der Waals surface area contributed by atoms with E-state index < -0.39 is 11.9 Å². The van der Waals surface area contributed by atoms with E-state index in [-0.39, 0.29) is 23.0 Å². The van der Waals surface area contributed by atoms with Crippen molar-refractivity contribution in [3.8, 4) is 0 Å². The molecule has 1 aliphatic rings. The molecule has 142 valence electrons. The number of piperidine rings is 1. The van der Waals surface area contributed by atoms with E-state index in [4.69, 9.17) is 0 Å². The first kappa shape index (κ1) is 18.7. The second kappa shape index (κ2) is 7.26. The van der Waals surface area contributed by atoms with Gasteiger partial charge in [0.2, 0.25) is 0 Å². The number of carboxylic acids is 2. The van der Waals surface area contributed by atoms with E-state index in [1.54, 1.807) is 36.9 Å². The number of aromatic nitrogens is 1. The van der Waals surface area contributed by atoms with Crippen molar-refractivity contribution in [2.75, 3.05) is 13.1 Å². The molecule has 0 spiro atoms. The van der Waals surface area contributed by atoms with Crippen molar-refractivity contribution in [2.24, 2.45) is 0 Å². The molecule has 0 aliphatic carbocycles. The Bertz CT molecular complexity index is 915. The summed E-state index contributed by atoms with van der Waals surface area (Å²) < 4.78 is 0. The van der Waals surface area contributed by atoms with Crippen LogP contribution >= 0.6 is 0 Å². The monoisotopic (exact) mass is 370 g/mol. The van der Waals surface area contributed by atoms with Gasteiger partial charge in [-0.1, -0.05) is 12.1 Å². The van der Waals surface area contributed by atoms with E-state index in [0.29, 0.717) is 30.0 Å². The molecule has 0 radical (unpaired) electrons. The number of aromatic carboxylic acids is 2. The molecule has 1 aromatic heterocycles. The predicted molar refractivity (Wildman–Crippen MR) is 98.5 cm³/mol. The van der Waals surface area contributed by atoms with Gasteiger partial charge in [0, 0.05) is 24.7 Å². The number of carbonyl (C=O) groups excluding carboxylic acids is 1. The van der Waals surface area contributed by atoms with Crippen molar-refractivity contribution in [1.29, 1.82) is 0 Å². The molecule has 1 amide bonds. The summed E-state index contributed by atoms with van der Waals surface area (Å²) in [4.78, 5) is 40.2. The Morgan fingerprint density at radius 1 is 1.15 bits per heavy atom. The molecule has 1 aliphatic heterocycles. The molecule has 7 heteroatoms. The quantitative estimate of drug-likeness (QED) is 0.766. The van der Waals surface area contributed by atoms with Crippen LogP contribution in [0.15, 0.2) is 24.3 Å². The number of aromatic amines is 1. The molecule has 27 heavy (non-hydrogen) atoms. The van der Waals surface area contributed by atoms with Gasteiger partial charge >= 0.3 is 11.9 Å². The summed E-state index contributed by atoms with van der Waals surface area (Å²) in [5, 5.41) is 18.5. The van der Waals surface area contributed by atoms with Gasteiger partial charge < -0.3 is 20.1 Å². The number of H-pyrrole nitrogens is 1. The summed E-state index contributed by atoms with van der Waals surface area (Å²) in [5.74, 6) is -2.19. The molecule has 0 bridgehead atoms. The minimum absolute atomic E-state index is 0.0531. The number of hydrogen-bond donors (Lipinski definition) is 3. The zero-order valence-electron chi connectivity index (χ0n) is 15.3. The highest BCUT2D eigenvalue weighted by atomic mass is 16.4. The van der Waals surface area contributed by atoms with Gasteiger partial charge in [-0.05, 0) is 49.9 Å². The first-order chi connectivity index (χ1) is 12.8. The summed E-state index contributed by atoms with van der Waals surface area (Å²) in [7, 11) is 0. The second-order valence-electron chi connectivity index (χ2n) is 6.95. The van der Waals surface area contributed by atoms with Crippen LogP contribution in [-0.4, -0.2) is 51.0 Å². The molecule has 0 saturated carbocycles. The number of nitrogens with one attached hydrogen (secondary N) is 1. The molecule has 2 heterocycles. The minimum atomic E-state index is -1.05. The second-order valence-corrected chi connectivity index (χ2v) is 6.95. The first-order valence-corrected chi connectivity index (χ1v) is 8.84. The average molecular weight is 370 g/mol. The Morgan fingerprint density at radius 2 is 1.89 bits per heavy atom. The lowest BCUT2D eigenvalue weighted by molar-refractivity contribution is 0.0682. The first-order valence-electron chi connectivity index (χ1n) is 8.84. The number of benzene rings is 1. The molecule has 1 atom stereocenters. The standard InChI is InChI=1S/C20H22N2O5/c1-11-16(20(26)27)12(2)21-17(11)18(23)22-8-4-7-15(10-22)13-5-3-6-14(9-13)19(24)25/h3,5-6,9,15,21H,4,7-8,10H2,1-2H3,(H,24,25)(H,26,27)/t15-/m0/s1. The molecule has 0 unspecified atom stereocenters. The SMILES string of the molecule is Cc1[nH]c(C(=O)N2CCC[C@H](c3cccc(C(=O)O)c3)C2)c(C)c1C(=O)O. The van der Waals surface area contributed by atoms with Gasteiger partial charge in [0.1, 0.15) is 5.69 Å². The Kier molecular flexibility index (Phi) is 5.03. The summed E-state index contributed by atoms with van der Waals surface area (Å²) >= 11 is 0. The average Bonchev–Trinajstić information content (AvgIpc) is 2.95. The minimum Gasteiger partial charge on any atom is -0.478 e. The molecule has 1 saturated heterocycles. The Labute approximate surface area is 156 Å². The van der Waals surface area contributed by atoms with Crippen molar-refractivity contribution in [3.63, 3.8) is 0 Å². The molecule has 7 nitrogen and oxygen atoms in total. The third kappa shape index (κ3) is 3.58. The van der Waals surface area contributed by atoms with Gasteiger partial charge in [-0.25, -0.2) is 9.59 Å². The third-order valence-electron chi connectivity index (χ3n) is 5.18. The number of nitrogens with zero attached hydrogens (tertiary/aromatic N) is 1. The summed E-state index contributed by atoms with van der Waals surface area (Å²) in [6.45, 7) is 4.34. The van der Waals surface area contributed by atoms with E-state index in [1.807, 2.05) is 6.07 Å². The Morgan fingerprint density at radius 3 is 2.52 bits per heavy atom. The van der Waals surface area contributed by atoms with Crippen molar-refractivity contribution >= 4 is 17.8 Å². The van der Waals surface area contributed by atoms with E-state index in [2.05, 4.69) is 4.98 Å². The van der Waals surface area contributed by atoms with Crippen molar-refractivity contribution in [3.05, 3.63) is 57.9 Å². The molecule has 1 fully saturated rings. The highest BCUT2D eigenvalue weighted by Gasteiger charge is 2.29. The zero-order valence-corrected chi connectivity index (χ0v) is 15.3. The van der Waals surface area contributed by atoms with Gasteiger partial charge in [-0.3, -0.25) is 4.79 Å². The van der Waals surface area contributed by atoms with Gasteiger partial charge in [0.05, 0.1) is 11.1 Å². The third-order valence-corrected chi connectivity index (χ3v) is 5.18. The van der Waals surface area contributed by atoms with E-state index >= 15 is 0 Å². The lowest BCUT2D eigenvalue weighted by Gasteiger charge is -2.33. The fourth-order valence-electron chi connectivity index (χ4n) is 3.80. The molecule has 3 N–H and O–H groups in total. The highest BCUT2D eigenvalue weighted by molar-refractivity contribution is 6.00. The lowest BCUT2D eigenvalue weighted by Crippen LogP contribution is -2.39. The molecular weight excluding hydrogens is 348 g/mol. The van der Waals surface area contributed by atoms with E-state index in [1.165, 1.54) is 0 Å². The predicted octanol–water partition coefficient (Wildman–Crippen LogP) is 3.05. The Balaban J connectivity index is 1.83. The van der Waals surface area contributed by atoms with Crippen LogP contribution in [0.25, 0.3) is 0 Å². The smallest absolute Gasteiger partial charge is 0.337 e.